The van der Waals surface area contributed by atoms with Gasteiger partial charge in [0.2, 0.25) is 0 Å². The monoisotopic (exact) mass is 280 g/mol. The molecule has 0 saturated heterocycles. The fourth-order valence-electron chi connectivity index (χ4n) is 2.44. The van der Waals surface area contributed by atoms with Crippen LogP contribution in [0.2, 0.25) is 0 Å². The number of alkyl halides is 2. The molecular formula is C14H14F2N2O2. The number of nitrogens with zero attached hydrogens (tertiary/aromatic N) is 2. The summed E-state index contributed by atoms with van der Waals surface area (Å²) in [6, 6.07) is 5.41. The molecule has 0 fully saturated rings. The van der Waals surface area contributed by atoms with E-state index in [4.69, 9.17) is 4.74 Å². The molecular weight excluding hydrogens is 266 g/mol. The summed E-state index contributed by atoms with van der Waals surface area (Å²) in [6.45, 7) is -2.63. The zero-order valence-electron chi connectivity index (χ0n) is 10.7. The number of aliphatic hydroxyl groups excluding tert-OH is 1. The van der Waals surface area contributed by atoms with Crippen molar-refractivity contribution < 1.29 is 18.6 Å². The summed E-state index contributed by atoms with van der Waals surface area (Å²) in [5, 5.41) is 9.71. The van der Waals surface area contributed by atoms with E-state index in [1.165, 1.54) is 12.4 Å². The van der Waals surface area contributed by atoms with Gasteiger partial charge in [0.15, 0.2) is 5.82 Å². The van der Waals surface area contributed by atoms with Gasteiger partial charge in [-0.3, -0.25) is 4.57 Å². The SMILES string of the molecule is O[C@@H]1CCc2cc(OCc3nccn3C(F)F)ccc21. The number of ether oxygens (including phenoxy) is 1. The van der Waals surface area contributed by atoms with E-state index in [1.807, 2.05) is 12.1 Å². The Bertz CT molecular complexity index is 613. The van der Waals surface area contributed by atoms with Gasteiger partial charge in [0.05, 0.1) is 6.10 Å². The molecule has 1 atom stereocenters. The van der Waals surface area contributed by atoms with E-state index in [0.29, 0.717) is 12.2 Å². The van der Waals surface area contributed by atoms with E-state index < -0.39 is 12.7 Å². The van der Waals surface area contributed by atoms with Gasteiger partial charge in [-0.15, -0.1) is 0 Å². The molecule has 6 heteroatoms. The maximum absolute atomic E-state index is 12.6. The van der Waals surface area contributed by atoms with Crippen LogP contribution in [0.5, 0.6) is 5.75 Å². The van der Waals surface area contributed by atoms with Gasteiger partial charge < -0.3 is 9.84 Å². The number of benzene rings is 1. The summed E-state index contributed by atoms with van der Waals surface area (Å²) in [4.78, 5) is 3.86. The van der Waals surface area contributed by atoms with Crippen LogP contribution in [0.4, 0.5) is 8.78 Å². The fraction of sp³-hybridized carbons (Fsp3) is 0.357. The maximum Gasteiger partial charge on any atom is 0.320 e. The third kappa shape index (κ3) is 2.38. The van der Waals surface area contributed by atoms with Gasteiger partial charge in [-0.05, 0) is 36.1 Å². The lowest BCUT2D eigenvalue weighted by Gasteiger charge is -2.10. The lowest BCUT2D eigenvalue weighted by molar-refractivity contribution is 0.0632. The van der Waals surface area contributed by atoms with Gasteiger partial charge in [-0.25, -0.2) is 4.98 Å². The van der Waals surface area contributed by atoms with E-state index in [2.05, 4.69) is 4.98 Å². The topological polar surface area (TPSA) is 47.3 Å². The highest BCUT2D eigenvalue weighted by molar-refractivity contribution is 5.39. The number of aryl methyl sites for hydroxylation is 1. The molecule has 0 radical (unpaired) electrons. The highest BCUT2D eigenvalue weighted by Gasteiger charge is 2.20. The Morgan fingerprint density at radius 2 is 2.30 bits per heavy atom. The summed E-state index contributed by atoms with van der Waals surface area (Å²) in [5.74, 6) is 0.780. The Balaban J connectivity index is 1.71. The molecule has 1 aliphatic rings. The lowest BCUT2D eigenvalue weighted by Crippen LogP contribution is -2.07. The summed E-state index contributed by atoms with van der Waals surface area (Å²) in [5.41, 5.74) is 1.97. The van der Waals surface area contributed by atoms with Crippen molar-refractivity contribution in [2.75, 3.05) is 0 Å². The zero-order valence-corrected chi connectivity index (χ0v) is 10.7. The van der Waals surface area contributed by atoms with Crippen LogP contribution in [-0.2, 0) is 13.0 Å². The van der Waals surface area contributed by atoms with E-state index in [-0.39, 0.29) is 12.4 Å². The van der Waals surface area contributed by atoms with Crippen molar-refractivity contribution in [3.8, 4) is 5.75 Å². The van der Waals surface area contributed by atoms with Crippen molar-refractivity contribution in [2.45, 2.75) is 32.1 Å². The molecule has 4 nitrogen and oxygen atoms in total. The standard InChI is InChI=1S/C14H14F2N2O2/c15-14(16)18-6-5-17-13(18)8-20-10-2-3-11-9(7-10)1-4-12(11)19/h2-3,5-7,12,14,19H,1,4,8H2/t12-/m1/s1. The van der Waals surface area contributed by atoms with Crippen molar-refractivity contribution in [2.24, 2.45) is 0 Å². The third-order valence-electron chi connectivity index (χ3n) is 3.49. The molecule has 1 aromatic heterocycles. The number of hydrogen-bond donors (Lipinski definition) is 1. The first-order valence-corrected chi connectivity index (χ1v) is 6.38. The predicted octanol–water partition coefficient (Wildman–Crippen LogP) is 2.84. The molecule has 20 heavy (non-hydrogen) atoms. The molecule has 1 aromatic carbocycles. The van der Waals surface area contributed by atoms with Gasteiger partial charge in [-0.1, -0.05) is 6.07 Å². The van der Waals surface area contributed by atoms with Crippen molar-refractivity contribution >= 4 is 0 Å². The summed E-state index contributed by atoms with van der Waals surface area (Å²) < 4.78 is 31.6. The second-order valence-corrected chi connectivity index (χ2v) is 4.73. The Hall–Kier alpha value is -1.95. The molecule has 1 N–H and O–H groups in total. The Morgan fingerprint density at radius 1 is 1.45 bits per heavy atom. The van der Waals surface area contributed by atoms with Crippen LogP contribution >= 0.6 is 0 Å². The highest BCUT2D eigenvalue weighted by Crippen LogP contribution is 2.33. The summed E-state index contributed by atoms with van der Waals surface area (Å²) >= 11 is 0. The van der Waals surface area contributed by atoms with E-state index in [1.54, 1.807) is 6.07 Å². The van der Waals surface area contributed by atoms with Gasteiger partial charge in [-0.2, -0.15) is 8.78 Å². The molecule has 0 aliphatic heterocycles. The maximum atomic E-state index is 12.6. The van der Waals surface area contributed by atoms with Gasteiger partial charge in [0, 0.05) is 12.4 Å². The molecule has 0 saturated carbocycles. The molecule has 1 heterocycles. The minimum atomic E-state index is -2.62. The van der Waals surface area contributed by atoms with Crippen LogP contribution in [0.3, 0.4) is 0 Å². The predicted molar refractivity (Wildman–Crippen MR) is 67.5 cm³/mol. The van der Waals surface area contributed by atoms with E-state index in [9.17, 15) is 13.9 Å². The van der Waals surface area contributed by atoms with E-state index in [0.717, 1.165) is 22.1 Å². The molecule has 2 aromatic rings. The highest BCUT2D eigenvalue weighted by atomic mass is 19.3. The van der Waals surface area contributed by atoms with Crippen LogP contribution in [0.1, 0.15) is 36.0 Å². The number of rotatable bonds is 4. The number of aromatic nitrogens is 2. The number of hydrogen-bond acceptors (Lipinski definition) is 3. The average Bonchev–Trinajstić information content (AvgIpc) is 3.03. The Labute approximate surface area is 114 Å². The smallest absolute Gasteiger partial charge is 0.320 e. The molecule has 3 rings (SSSR count). The first-order valence-electron chi connectivity index (χ1n) is 6.38. The molecule has 0 spiro atoms. The van der Waals surface area contributed by atoms with Crippen molar-refractivity contribution in [3.63, 3.8) is 0 Å². The largest absolute Gasteiger partial charge is 0.486 e. The Kier molecular flexibility index (Phi) is 3.40. The van der Waals surface area contributed by atoms with Crippen LogP contribution in [-0.4, -0.2) is 14.7 Å². The van der Waals surface area contributed by atoms with Gasteiger partial charge in [0.1, 0.15) is 12.4 Å². The fourth-order valence-corrected chi connectivity index (χ4v) is 2.44. The Morgan fingerprint density at radius 3 is 3.10 bits per heavy atom. The number of imidazole rings is 1. The number of fused-ring (bicyclic) bond motifs is 1. The molecule has 0 bridgehead atoms. The molecule has 106 valence electrons. The normalized spacial score (nSPS) is 17.5. The second kappa shape index (κ2) is 5.20. The van der Waals surface area contributed by atoms with Crippen molar-refractivity contribution in [1.82, 2.24) is 9.55 Å². The van der Waals surface area contributed by atoms with Gasteiger partial charge >= 0.3 is 6.55 Å². The second-order valence-electron chi connectivity index (χ2n) is 4.73. The lowest BCUT2D eigenvalue weighted by atomic mass is 10.1. The minimum absolute atomic E-state index is 0.0152. The molecule has 1 aliphatic carbocycles. The van der Waals surface area contributed by atoms with Crippen LogP contribution in [0.25, 0.3) is 0 Å². The number of halogens is 2. The first-order chi connectivity index (χ1) is 9.65. The quantitative estimate of drug-likeness (QED) is 0.936. The zero-order chi connectivity index (χ0) is 14.1. The average molecular weight is 280 g/mol. The number of aliphatic hydroxyl groups is 1. The van der Waals surface area contributed by atoms with Crippen LogP contribution in [0.15, 0.2) is 30.6 Å². The van der Waals surface area contributed by atoms with Crippen molar-refractivity contribution in [3.05, 3.63) is 47.5 Å². The van der Waals surface area contributed by atoms with Crippen LogP contribution < -0.4 is 4.74 Å². The molecule has 0 unspecified atom stereocenters. The molecule has 0 amide bonds. The minimum Gasteiger partial charge on any atom is -0.486 e. The summed E-state index contributed by atoms with van der Waals surface area (Å²) in [7, 11) is 0. The third-order valence-corrected chi connectivity index (χ3v) is 3.49. The first kappa shape index (κ1) is 13.1. The van der Waals surface area contributed by atoms with Gasteiger partial charge in [0.25, 0.3) is 0 Å². The summed E-state index contributed by atoms with van der Waals surface area (Å²) in [6.07, 6.45) is 3.66. The van der Waals surface area contributed by atoms with Crippen LogP contribution in [0, 0.1) is 0 Å². The van der Waals surface area contributed by atoms with Crippen molar-refractivity contribution in [1.29, 1.82) is 0 Å². The van der Waals surface area contributed by atoms with E-state index >= 15 is 0 Å².